The van der Waals surface area contributed by atoms with Crippen LogP contribution in [0.2, 0.25) is 0 Å². The Morgan fingerprint density at radius 2 is 0.704 bits per heavy atom. The molecule has 0 heterocycles. The first kappa shape index (κ1) is 58.5. The van der Waals surface area contributed by atoms with Crippen molar-refractivity contribution in [3.63, 3.8) is 0 Å². The summed E-state index contributed by atoms with van der Waals surface area (Å²) >= 11 is 0. The van der Waals surface area contributed by atoms with Crippen LogP contribution in [-0.4, -0.2) is 29.7 Å². The molecule has 0 unspecified atom stereocenters. The minimum absolute atomic E-state index is 0.0307. The van der Waals surface area contributed by atoms with Crippen molar-refractivity contribution in [1.29, 1.82) is 0 Å². The number of nitro groups is 2. The molecule has 0 saturated carbocycles. The standard InChI is InChI=1S/C61H90N2O8/c1-4-7-10-13-16-19-22-25-28-31-40-68-59-43-51(50-71-58-48-54(52-36-34-38-56(46-52)62(64)65)45-55(49-58)53-37-35-39-57(47-53)63(66)67)44-60(69-41-32-29-26-23-20-17-14-11-8-5-2)61(59)70-42-33-30-27-24-21-18-15-12-9-6-3/h34-39,43-49H,4-33,40-42,50H2,1-3H3. The van der Waals surface area contributed by atoms with E-state index in [1.807, 2.05) is 42.5 Å². The van der Waals surface area contributed by atoms with Crippen molar-refractivity contribution in [1.82, 2.24) is 0 Å². The van der Waals surface area contributed by atoms with Gasteiger partial charge in [-0.3, -0.25) is 20.2 Å². The van der Waals surface area contributed by atoms with Crippen molar-refractivity contribution in [3.05, 3.63) is 105 Å². The summed E-state index contributed by atoms with van der Waals surface area (Å²) in [5.41, 5.74) is 3.42. The quantitative estimate of drug-likeness (QED) is 0.0244. The molecule has 0 N–H and O–H groups in total. The van der Waals surface area contributed by atoms with Gasteiger partial charge in [-0.05, 0) is 77.4 Å². The second-order valence-electron chi connectivity index (χ2n) is 19.7. The molecule has 10 nitrogen and oxygen atoms in total. The van der Waals surface area contributed by atoms with E-state index in [0.29, 0.717) is 65.1 Å². The lowest BCUT2D eigenvalue weighted by Gasteiger charge is -2.19. The fourth-order valence-corrected chi connectivity index (χ4v) is 9.16. The van der Waals surface area contributed by atoms with Crippen LogP contribution < -0.4 is 18.9 Å². The van der Waals surface area contributed by atoms with E-state index in [2.05, 4.69) is 20.8 Å². The highest BCUT2D eigenvalue weighted by Gasteiger charge is 2.18. The molecule has 392 valence electrons. The zero-order valence-corrected chi connectivity index (χ0v) is 44.2. The number of non-ortho nitro benzene ring substituents is 2. The van der Waals surface area contributed by atoms with E-state index in [9.17, 15) is 20.2 Å². The van der Waals surface area contributed by atoms with Gasteiger partial charge in [0.2, 0.25) is 5.75 Å². The zero-order chi connectivity index (χ0) is 50.6. The predicted molar refractivity (Wildman–Crippen MR) is 293 cm³/mol. The van der Waals surface area contributed by atoms with E-state index in [0.717, 1.165) is 44.1 Å². The van der Waals surface area contributed by atoms with Gasteiger partial charge in [-0.15, -0.1) is 0 Å². The van der Waals surface area contributed by atoms with Gasteiger partial charge in [0.15, 0.2) is 11.5 Å². The Morgan fingerprint density at radius 1 is 0.366 bits per heavy atom. The van der Waals surface area contributed by atoms with E-state index in [1.54, 1.807) is 12.1 Å². The van der Waals surface area contributed by atoms with Crippen LogP contribution in [0.4, 0.5) is 11.4 Å². The average molecular weight is 979 g/mol. The molecule has 0 aliphatic carbocycles. The SMILES string of the molecule is CCCCCCCCCCCCOc1cc(COc2cc(-c3cccc([N+](=O)[O-])c3)cc(-c3cccc([N+](=O)[O-])c3)c2)cc(OCCCCCCCCCCCC)c1OCCCCCCCCCCCC. The summed E-state index contributed by atoms with van der Waals surface area (Å²) in [4.78, 5) is 22.7. The maximum atomic E-state index is 11.8. The Bertz CT molecular complexity index is 1950. The second-order valence-corrected chi connectivity index (χ2v) is 19.7. The number of benzene rings is 4. The number of hydrogen-bond donors (Lipinski definition) is 0. The van der Waals surface area contributed by atoms with Crippen molar-refractivity contribution in [2.45, 2.75) is 220 Å². The highest BCUT2D eigenvalue weighted by Crippen LogP contribution is 2.41. The molecule has 10 heteroatoms. The maximum Gasteiger partial charge on any atom is 0.270 e. The Balaban J connectivity index is 1.56. The molecular formula is C61H90N2O8. The molecule has 0 bridgehead atoms. The lowest BCUT2D eigenvalue weighted by Crippen LogP contribution is -2.08. The van der Waals surface area contributed by atoms with E-state index in [4.69, 9.17) is 18.9 Å². The van der Waals surface area contributed by atoms with Gasteiger partial charge >= 0.3 is 0 Å². The molecule has 71 heavy (non-hydrogen) atoms. The largest absolute Gasteiger partial charge is 0.490 e. The van der Waals surface area contributed by atoms with Crippen molar-refractivity contribution in [2.75, 3.05) is 19.8 Å². The summed E-state index contributed by atoms with van der Waals surface area (Å²) in [7, 11) is 0. The van der Waals surface area contributed by atoms with Gasteiger partial charge in [0.1, 0.15) is 12.4 Å². The molecule has 0 spiro atoms. The van der Waals surface area contributed by atoms with E-state index < -0.39 is 9.85 Å². The molecule has 0 aliphatic rings. The fraction of sp³-hybridized carbons (Fsp3) is 0.607. The molecule has 0 aromatic heterocycles. The Morgan fingerprint density at radius 3 is 1.06 bits per heavy atom. The number of ether oxygens (including phenoxy) is 4. The molecule has 4 aromatic carbocycles. The molecule has 0 fully saturated rings. The van der Waals surface area contributed by atoms with Crippen LogP contribution in [0.1, 0.15) is 219 Å². The number of rotatable bonds is 43. The first-order valence-corrected chi connectivity index (χ1v) is 28.2. The Hall–Kier alpha value is -5.12. The number of unbranched alkanes of at least 4 members (excludes halogenated alkanes) is 27. The highest BCUT2D eigenvalue weighted by molar-refractivity contribution is 5.77. The summed E-state index contributed by atoms with van der Waals surface area (Å²) in [5.74, 6) is 2.49. The van der Waals surface area contributed by atoms with Crippen molar-refractivity contribution in [2.24, 2.45) is 0 Å². The van der Waals surface area contributed by atoms with Crippen LogP contribution in [0.15, 0.2) is 78.9 Å². The van der Waals surface area contributed by atoms with Gasteiger partial charge < -0.3 is 18.9 Å². The van der Waals surface area contributed by atoms with Crippen LogP contribution in [0.5, 0.6) is 23.0 Å². The summed E-state index contributed by atoms with van der Waals surface area (Å²) in [6, 6.07) is 22.5. The molecule has 0 amide bonds. The fourth-order valence-electron chi connectivity index (χ4n) is 9.16. The molecule has 4 aromatic rings. The number of nitro benzene ring substituents is 2. The highest BCUT2D eigenvalue weighted by atomic mass is 16.6. The number of nitrogens with zero attached hydrogens (tertiary/aromatic N) is 2. The van der Waals surface area contributed by atoms with E-state index in [1.165, 1.54) is 178 Å². The van der Waals surface area contributed by atoms with Crippen molar-refractivity contribution in [3.8, 4) is 45.3 Å². The third-order valence-electron chi connectivity index (χ3n) is 13.4. The summed E-state index contributed by atoms with van der Waals surface area (Å²) < 4.78 is 26.5. The van der Waals surface area contributed by atoms with Crippen LogP contribution in [0.3, 0.4) is 0 Å². The minimum atomic E-state index is -0.414. The first-order chi connectivity index (χ1) is 34.8. The Kier molecular flexibility index (Phi) is 30.3. The van der Waals surface area contributed by atoms with Crippen LogP contribution in [0.25, 0.3) is 22.3 Å². The van der Waals surface area contributed by atoms with Crippen LogP contribution in [0, 0.1) is 20.2 Å². The monoisotopic (exact) mass is 979 g/mol. The average Bonchev–Trinajstić information content (AvgIpc) is 3.38. The molecule has 0 aliphatic heterocycles. The summed E-state index contributed by atoms with van der Waals surface area (Å²) in [6.07, 6.45) is 37.4. The van der Waals surface area contributed by atoms with Gasteiger partial charge in [-0.2, -0.15) is 0 Å². The van der Waals surface area contributed by atoms with Gasteiger partial charge in [-0.25, -0.2) is 0 Å². The minimum Gasteiger partial charge on any atom is -0.490 e. The first-order valence-electron chi connectivity index (χ1n) is 28.2. The van der Waals surface area contributed by atoms with Crippen LogP contribution >= 0.6 is 0 Å². The number of hydrogen-bond acceptors (Lipinski definition) is 8. The van der Waals surface area contributed by atoms with Gasteiger partial charge in [0.25, 0.3) is 11.4 Å². The van der Waals surface area contributed by atoms with Crippen molar-refractivity contribution >= 4 is 11.4 Å². The van der Waals surface area contributed by atoms with E-state index in [-0.39, 0.29) is 18.0 Å². The third kappa shape index (κ3) is 24.2. The second kappa shape index (κ2) is 36.7. The normalized spacial score (nSPS) is 11.2. The molecular weight excluding hydrogens is 889 g/mol. The summed E-state index contributed by atoms with van der Waals surface area (Å²) in [5, 5.41) is 23.5. The lowest BCUT2D eigenvalue weighted by atomic mass is 9.98. The van der Waals surface area contributed by atoms with Gasteiger partial charge in [0.05, 0.1) is 29.7 Å². The van der Waals surface area contributed by atoms with Gasteiger partial charge in [0, 0.05) is 24.3 Å². The topological polar surface area (TPSA) is 123 Å². The van der Waals surface area contributed by atoms with E-state index >= 15 is 0 Å². The molecule has 0 radical (unpaired) electrons. The maximum absolute atomic E-state index is 11.8. The molecule has 4 rings (SSSR count). The third-order valence-corrected chi connectivity index (χ3v) is 13.4. The van der Waals surface area contributed by atoms with Crippen LogP contribution in [-0.2, 0) is 6.61 Å². The lowest BCUT2D eigenvalue weighted by molar-refractivity contribution is -0.385. The smallest absolute Gasteiger partial charge is 0.270 e. The van der Waals surface area contributed by atoms with Gasteiger partial charge in [-0.1, -0.05) is 218 Å². The predicted octanol–water partition coefficient (Wildman–Crippen LogP) is 19.3. The molecule has 0 atom stereocenters. The molecule has 0 saturated heterocycles. The Labute approximate surface area is 428 Å². The summed E-state index contributed by atoms with van der Waals surface area (Å²) in [6.45, 7) is 8.70. The van der Waals surface area contributed by atoms with Crippen molar-refractivity contribution < 1.29 is 28.8 Å². The zero-order valence-electron chi connectivity index (χ0n) is 44.2.